The van der Waals surface area contributed by atoms with Crippen LogP contribution >= 0.6 is 0 Å². The topological polar surface area (TPSA) is 30.5 Å². The molecule has 0 unspecified atom stereocenters. The molecule has 0 bridgehead atoms. The van der Waals surface area contributed by atoms with Gasteiger partial charge in [0.25, 0.3) is 0 Å². The highest BCUT2D eigenvalue weighted by atomic mass is 16.5. The fourth-order valence-corrected chi connectivity index (χ4v) is 1.33. The van der Waals surface area contributed by atoms with Gasteiger partial charge in [0.05, 0.1) is 19.8 Å². The van der Waals surface area contributed by atoms with Gasteiger partial charge in [0.1, 0.15) is 0 Å². The minimum absolute atomic E-state index is 0.208. The highest BCUT2D eigenvalue weighted by molar-refractivity contribution is 4.70. The quantitative estimate of drug-likeness (QED) is 0.554. The SMILES string of the molecule is CCCCOCCOCC(C)(C)CNCC. The van der Waals surface area contributed by atoms with E-state index in [1.165, 1.54) is 6.42 Å². The summed E-state index contributed by atoms with van der Waals surface area (Å²) in [6.07, 6.45) is 2.34. The van der Waals surface area contributed by atoms with Gasteiger partial charge in [0.15, 0.2) is 0 Å². The molecule has 0 radical (unpaired) electrons. The maximum Gasteiger partial charge on any atom is 0.0700 e. The molecule has 0 aliphatic heterocycles. The maximum atomic E-state index is 5.61. The molecule has 3 nitrogen and oxygen atoms in total. The van der Waals surface area contributed by atoms with Crippen molar-refractivity contribution in [2.45, 2.75) is 40.5 Å². The summed E-state index contributed by atoms with van der Waals surface area (Å²) >= 11 is 0. The van der Waals surface area contributed by atoms with Crippen molar-refractivity contribution in [2.75, 3.05) is 39.5 Å². The van der Waals surface area contributed by atoms with Crippen LogP contribution in [-0.2, 0) is 9.47 Å². The molecule has 0 aliphatic carbocycles. The monoisotopic (exact) mass is 231 g/mol. The second-order valence-electron chi connectivity index (χ2n) is 4.96. The van der Waals surface area contributed by atoms with Crippen molar-refractivity contribution >= 4 is 0 Å². The Hall–Kier alpha value is -0.120. The number of nitrogens with one attached hydrogen (secondary N) is 1. The Balaban J connectivity index is 3.29. The lowest BCUT2D eigenvalue weighted by Crippen LogP contribution is -2.33. The van der Waals surface area contributed by atoms with Crippen molar-refractivity contribution in [3.8, 4) is 0 Å². The van der Waals surface area contributed by atoms with E-state index in [4.69, 9.17) is 9.47 Å². The molecular formula is C13H29NO2. The summed E-state index contributed by atoms with van der Waals surface area (Å²) in [4.78, 5) is 0. The molecule has 0 aromatic rings. The zero-order valence-corrected chi connectivity index (χ0v) is 11.5. The molecule has 0 fully saturated rings. The molecule has 0 atom stereocenters. The molecule has 0 spiro atoms. The second kappa shape index (κ2) is 10.1. The lowest BCUT2D eigenvalue weighted by atomic mass is 9.95. The summed E-state index contributed by atoms with van der Waals surface area (Å²) in [5.74, 6) is 0. The third kappa shape index (κ3) is 10.4. The third-order valence-corrected chi connectivity index (χ3v) is 2.36. The van der Waals surface area contributed by atoms with E-state index in [2.05, 4.69) is 33.0 Å². The van der Waals surface area contributed by atoms with Crippen LogP contribution in [-0.4, -0.2) is 39.5 Å². The van der Waals surface area contributed by atoms with Gasteiger partial charge in [-0.15, -0.1) is 0 Å². The first-order chi connectivity index (χ1) is 7.62. The van der Waals surface area contributed by atoms with Crippen LogP contribution in [0.4, 0.5) is 0 Å². The Bertz CT molecular complexity index is 149. The number of unbranched alkanes of at least 4 members (excludes halogenated alkanes) is 1. The summed E-state index contributed by atoms with van der Waals surface area (Å²) < 4.78 is 11.0. The third-order valence-electron chi connectivity index (χ3n) is 2.36. The van der Waals surface area contributed by atoms with E-state index in [1.807, 2.05) is 0 Å². The lowest BCUT2D eigenvalue weighted by molar-refractivity contribution is 0.0145. The number of hydrogen-bond donors (Lipinski definition) is 1. The minimum atomic E-state index is 0.208. The van der Waals surface area contributed by atoms with E-state index in [0.717, 1.165) is 39.3 Å². The largest absolute Gasteiger partial charge is 0.379 e. The van der Waals surface area contributed by atoms with Crippen molar-refractivity contribution in [1.82, 2.24) is 5.32 Å². The van der Waals surface area contributed by atoms with Crippen LogP contribution < -0.4 is 5.32 Å². The highest BCUT2D eigenvalue weighted by Crippen LogP contribution is 2.13. The predicted molar refractivity (Wildman–Crippen MR) is 68.9 cm³/mol. The van der Waals surface area contributed by atoms with Gasteiger partial charge < -0.3 is 14.8 Å². The van der Waals surface area contributed by atoms with Crippen LogP contribution in [0.3, 0.4) is 0 Å². The molecule has 0 aliphatic rings. The number of ether oxygens (including phenoxy) is 2. The highest BCUT2D eigenvalue weighted by Gasteiger charge is 2.16. The van der Waals surface area contributed by atoms with Crippen LogP contribution in [0.1, 0.15) is 40.5 Å². The van der Waals surface area contributed by atoms with Gasteiger partial charge in [-0.3, -0.25) is 0 Å². The average Bonchev–Trinajstić information content (AvgIpc) is 2.25. The van der Waals surface area contributed by atoms with E-state index >= 15 is 0 Å². The van der Waals surface area contributed by atoms with Gasteiger partial charge in [0.2, 0.25) is 0 Å². The van der Waals surface area contributed by atoms with E-state index in [9.17, 15) is 0 Å². The molecule has 0 rings (SSSR count). The van der Waals surface area contributed by atoms with Gasteiger partial charge in [-0.05, 0) is 13.0 Å². The summed E-state index contributed by atoms with van der Waals surface area (Å²) in [7, 11) is 0. The summed E-state index contributed by atoms with van der Waals surface area (Å²) in [5.41, 5.74) is 0.208. The van der Waals surface area contributed by atoms with Crippen LogP contribution in [0.25, 0.3) is 0 Å². The zero-order chi connectivity index (χ0) is 12.3. The maximum absolute atomic E-state index is 5.61. The summed E-state index contributed by atoms with van der Waals surface area (Å²) in [5, 5.41) is 3.35. The Morgan fingerprint density at radius 3 is 2.31 bits per heavy atom. The first-order valence-corrected chi connectivity index (χ1v) is 6.48. The first kappa shape index (κ1) is 15.9. The predicted octanol–water partition coefficient (Wildman–Crippen LogP) is 2.46. The van der Waals surface area contributed by atoms with Crippen LogP contribution in [0, 0.1) is 5.41 Å². The summed E-state index contributed by atoms with van der Waals surface area (Å²) in [6.45, 7) is 13.8. The molecule has 3 heteroatoms. The van der Waals surface area contributed by atoms with E-state index in [-0.39, 0.29) is 5.41 Å². The number of rotatable bonds is 11. The van der Waals surface area contributed by atoms with Crippen molar-refractivity contribution in [2.24, 2.45) is 5.41 Å². The van der Waals surface area contributed by atoms with Gasteiger partial charge in [-0.2, -0.15) is 0 Å². The number of hydrogen-bond acceptors (Lipinski definition) is 3. The van der Waals surface area contributed by atoms with Crippen molar-refractivity contribution in [3.63, 3.8) is 0 Å². The van der Waals surface area contributed by atoms with Crippen molar-refractivity contribution in [1.29, 1.82) is 0 Å². The van der Waals surface area contributed by atoms with Gasteiger partial charge in [0, 0.05) is 18.6 Å². The molecule has 98 valence electrons. The van der Waals surface area contributed by atoms with Gasteiger partial charge >= 0.3 is 0 Å². The summed E-state index contributed by atoms with van der Waals surface area (Å²) in [6, 6.07) is 0. The molecule has 1 N–H and O–H groups in total. The molecule has 0 saturated carbocycles. The Morgan fingerprint density at radius 1 is 1.00 bits per heavy atom. The van der Waals surface area contributed by atoms with Crippen molar-refractivity contribution in [3.05, 3.63) is 0 Å². The zero-order valence-electron chi connectivity index (χ0n) is 11.5. The fourth-order valence-electron chi connectivity index (χ4n) is 1.33. The smallest absolute Gasteiger partial charge is 0.0700 e. The fraction of sp³-hybridized carbons (Fsp3) is 1.00. The van der Waals surface area contributed by atoms with Gasteiger partial charge in [-0.25, -0.2) is 0 Å². The van der Waals surface area contributed by atoms with Crippen LogP contribution in [0.5, 0.6) is 0 Å². The van der Waals surface area contributed by atoms with Crippen molar-refractivity contribution < 1.29 is 9.47 Å². The lowest BCUT2D eigenvalue weighted by Gasteiger charge is -2.24. The molecule has 0 amide bonds. The second-order valence-corrected chi connectivity index (χ2v) is 4.96. The Labute approximate surface area is 101 Å². The average molecular weight is 231 g/mol. The molecule has 0 aromatic carbocycles. The molecular weight excluding hydrogens is 202 g/mol. The van der Waals surface area contributed by atoms with Gasteiger partial charge in [-0.1, -0.05) is 34.1 Å². The standard InChI is InChI=1S/C13H29NO2/c1-5-7-8-15-9-10-16-12-13(3,4)11-14-6-2/h14H,5-12H2,1-4H3. The minimum Gasteiger partial charge on any atom is -0.379 e. The molecule has 16 heavy (non-hydrogen) atoms. The van der Waals surface area contributed by atoms with E-state index in [0.29, 0.717) is 6.61 Å². The first-order valence-electron chi connectivity index (χ1n) is 6.48. The Morgan fingerprint density at radius 2 is 1.69 bits per heavy atom. The Kier molecular flexibility index (Phi) is 9.99. The molecule has 0 saturated heterocycles. The normalized spacial score (nSPS) is 12.0. The van der Waals surface area contributed by atoms with E-state index < -0.39 is 0 Å². The molecule has 0 heterocycles. The molecule has 0 aromatic heterocycles. The van der Waals surface area contributed by atoms with Crippen LogP contribution in [0.15, 0.2) is 0 Å². The van der Waals surface area contributed by atoms with Crippen LogP contribution in [0.2, 0.25) is 0 Å². The van der Waals surface area contributed by atoms with E-state index in [1.54, 1.807) is 0 Å².